The van der Waals surface area contributed by atoms with Crippen LogP contribution >= 0.6 is 0 Å². The minimum absolute atomic E-state index is 0.293. The molecule has 0 saturated heterocycles. The fraction of sp³-hybridized carbons (Fsp3) is 1.00. The molecule has 0 bridgehead atoms. The van der Waals surface area contributed by atoms with Gasteiger partial charge in [-0.15, -0.1) is 0 Å². The second kappa shape index (κ2) is 3.91. The lowest BCUT2D eigenvalue weighted by Crippen LogP contribution is -2.38. The molecule has 0 aliphatic carbocycles. The van der Waals surface area contributed by atoms with Gasteiger partial charge in [-0.3, -0.25) is 0 Å². The Morgan fingerprint density at radius 3 is 2.20 bits per heavy atom. The van der Waals surface area contributed by atoms with Crippen molar-refractivity contribution in [2.24, 2.45) is 5.92 Å². The van der Waals surface area contributed by atoms with Crippen molar-refractivity contribution < 1.29 is 14.9 Å². The zero-order valence-corrected chi connectivity index (χ0v) is 6.79. The van der Waals surface area contributed by atoms with E-state index in [-0.39, 0.29) is 5.92 Å². The Bertz CT molecular complexity index is 88.9. The maximum Gasteiger partial charge on any atom is 0.280 e. The van der Waals surface area contributed by atoms with Gasteiger partial charge in [0.05, 0.1) is 6.61 Å². The summed E-state index contributed by atoms with van der Waals surface area (Å²) in [7, 11) is 0. The van der Waals surface area contributed by atoms with E-state index < -0.39 is 5.97 Å². The standard InChI is InChI=1S/C7H16O3/c1-4-5-10-7(8,9)6(2)3/h6,8-9H,4-5H2,1-3H3. The smallest absolute Gasteiger partial charge is 0.280 e. The average molecular weight is 148 g/mol. The lowest BCUT2D eigenvalue weighted by atomic mass is 10.2. The molecule has 0 saturated carbocycles. The number of hydrogen-bond acceptors (Lipinski definition) is 3. The molecular formula is C7H16O3. The number of hydrogen-bond donors (Lipinski definition) is 2. The molecule has 0 aromatic carbocycles. The topological polar surface area (TPSA) is 49.7 Å². The Hall–Kier alpha value is -0.120. The van der Waals surface area contributed by atoms with Gasteiger partial charge in [-0.25, -0.2) is 0 Å². The van der Waals surface area contributed by atoms with E-state index in [2.05, 4.69) is 0 Å². The van der Waals surface area contributed by atoms with Gasteiger partial charge in [0.1, 0.15) is 0 Å². The Balaban J connectivity index is 3.63. The highest BCUT2D eigenvalue weighted by Gasteiger charge is 2.27. The van der Waals surface area contributed by atoms with Crippen molar-refractivity contribution in [1.82, 2.24) is 0 Å². The van der Waals surface area contributed by atoms with E-state index in [1.165, 1.54) is 0 Å². The van der Waals surface area contributed by atoms with E-state index >= 15 is 0 Å². The van der Waals surface area contributed by atoms with Crippen molar-refractivity contribution >= 4 is 0 Å². The molecule has 0 aromatic heterocycles. The number of rotatable bonds is 4. The van der Waals surface area contributed by atoms with Crippen molar-refractivity contribution in [1.29, 1.82) is 0 Å². The molecule has 2 N–H and O–H groups in total. The molecule has 3 nitrogen and oxygen atoms in total. The van der Waals surface area contributed by atoms with Gasteiger partial charge in [-0.05, 0) is 6.42 Å². The van der Waals surface area contributed by atoms with Gasteiger partial charge in [-0.2, -0.15) is 0 Å². The van der Waals surface area contributed by atoms with Crippen LogP contribution in [0.2, 0.25) is 0 Å². The van der Waals surface area contributed by atoms with E-state index in [1.54, 1.807) is 13.8 Å². The molecule has 0 unspecified atom stereocenters. The average Bonchev–Trinajstić information content (AvgIpc) is 1.84. The third-order valence-corrected chi connectivity index (χ3v) is 1.27. The highest BCUT2D eigenvalue weighted by molar-refractivity contribution is 4.55. The molecule has 0 heterocycles. The fourth-order valence-corrected chi connectivity index (χ4v) is 0.419. The summed E-state index contributed by atoms with van der Waals surface area (Å²) >= 11 is 0. The summed E-state index contributed by atoms with van der Waals surface area (Å²) in [5, 5.41) is 18.1. The van der Waals surface area contributed by atoms with Crippen molar-refractivity contribution in [3.05, 3.63) is 0 Å². The number of aliphatic hydroxyl groups is 2. The van der Waals surface area contributed by atoms with Crippen LogP contribution in [0, 0.1) is 5.92 Å². The molecule has 0 spiro atoms. The van der Waals surface area contributed by atoms with Crippen molar-refractivity contribution in [2.45, 2.75) is 33.2 Å². The highest BCUT2D eigenvalue weighted by Crippen LogP contribution is 2.14. The largest absolute Gasteiger partial charge is 0.343 e. The second-order valence-electron chi connectivity index (χ2n) is 2.66. The van der Waals surface area contributed by atoms with Gasteiger partial charge in [0.2, 0.25) is 0 Å². The molecular weight excluding hydrogens is 132 g/mol. The van der Waals surface area contributed by atoms with Crippen LogP contribution in [0.15, 0.2) is 0 Å². The summed E-state index contributed by atoms with van der Waals surface area (Å²) in [4.78, 5) is 0. The molecule has 10 heavy (non-hydrogen) atoms. The molecule has 0 radical (unpaired) electrons. The molecule has 0 amide bonds. The predicted octanol–water partition coefficient (Wildman–Crippen LogP) is 0.707. The highest BCUT2D eigenvalue weighted by atomic mass is 16.8. The SMILES string of the molecule is CCCOC(O)(O)C(C)C. The first kappa shape index (κ1) is 9.88. The molecule has 0 aliphatic rings. The predicted molar refractivity (Wildman–Crippen MR) is 38.2 cm³/mol. The summed E-state index contributed by atoms with van der Waals surface area (Å²) in [6.45, 7) is 5.67. The van der Waals surface area contributed by atoms with Crippen molar-refractivity contribution in [2.75, 3.05) is 6.61 Å². The minimum Gasteiger partial charge on any atom is -0.343 e. The monoisotopic (exact) mass is 148 g/mol. The quantitative estimate of drug-likeness (QED) is 0.577. The lowest BCUT2D eigenvalue weighted by molar-refractivity contribution is -0.360. The summed E-state index contributed by atoms with van der Waals surface area (Å²) in [6.07, 6.45) is 0.787. The van der Waals surface area contributed by atoms with Crippen molar-refractivity contribution in [3.8, 4) is 0 Å². The maximum atomic E-state index is 9.06. The van der Waals surface area contributed by atoms with Gasteiger partial charge < -0.3 is 14.9 Å². The first-order chi connectivity index (χ1) is 4.50. The van der Waals surface area contributed by atoms with E-state index in [0.717, 1.165) is 6.42 Å². The van der Waals surface area contributed by atoms with Crippen LogP contribution in [0.4, 0.5) is 0 Å². The van der Waals surface area contributed by atoms with Gasteiger partial charge in [0.25, 0.3) is 5.97 Å². The molecule has 3 heteroatoms. The Morgan fingerprint density at radius 1 is 1.40 bits per heavy atom. The molecule has 0 atom stereocenters. The Morgan fingerprint density at radius 2 is 1.90 bits per heavy atom. The van der Waals surface area contributed by atoms with Crippen LogP contribution in [-0.2, 0) is 4.74 Å². The third kappa shape index (κ3) is 3.15. The zero-order valence-electron chi connectivity index (χ0n) is 6.79. The maximum absolute atomic E-state index is 9.06. The summed E-state index contributed by atoms with van der Waals surface area (Å²) < 4.78 is 4.75. The number of ether oxygens (including phenoxy) is 1. The first-order valence-electron chi connectivity index (χ1n) is 3.59. The zero-order chi connectivity index (χ0) is 8.20. The third-order valence-electron chi connectivity index (χ3n) is 1.27. The summed E-state index contributed by atoms with van der Waals surface area (Å²) in [5.74, 6) is -2.24. The van der Waals surface area contributed by atoms with Gasteiger partial charge in [-0.1, -0.05) is 20.8 Å². The van der Waals surface area contributed by atoms with E-state index in [0.29, 0.717) is 6.61 Å². The second-order valence-corrected chi connectivity index (χ2v) is 2.66. The van der Waals surface area contributed by atoms with Gasteiger partial charge in [0, 0.05) is 5.92 Å². The normalized spacial score (nSPS) is 12.6. The minimum atomic E-state index is -1.95. The Labute approximate surface area is 61.6 Å². The van der Waals surface area contributed by atoms with Crippen LogP contribution in [0.5, 0.6) is 0 Å². The van der Waals surface area contributed by atoms with Gasteiger partial charge in [0.15, 0.2) is 0 Å². The lowest BCUT2D eigenvalue weighted by Gasteiger charge is -2.25. The summed E-state index contributed by atoms with van der Waals surface area (Å²) in [6, 6.07) is 0. The van der Waals surface area contributed by atoms with Crippen molar-refractivity contribution in [3.63, 3.8) is 0 Å². The molecule has 62 valence electrons. The Kier molecular flexibility index (Phi) is 3.86. The summed E-state index contributed by atoms with van der Waals surface area (Å²) in [5.41, 5.74) is 0. The molecule has 0 rings (SSSR count). The molecule has 0 fully saturated rings. The van der Waals surface area contributed by atoms with E-state index in [1.807, 2.05) is 6.92 Å². The van der Waals surface area contributed by atoms with E-state index in [9.17, 15) is 0 Å². The molecule has 0 aromatic rings. The van der Waals surface area contributed by atoms with Crippen LogP contribution in [-0.4, -0.2) is 22.8 Å². The van der Waals surface area contributed by atoms with E-state index in [4.69, 9.17) is 14.9 Å². The first-order valence-corrected chi connectivity index (χ1v) is 3.59. The van der Waals surface area contributed by atoms with Crippen LogP contribution < -0.4 is 0 Å². The fourth-order valence-electron chi connectivity index (χ4n) is 0.419. The van der Waals surface area contributed by atoms with Crippen LogP contribution in [0.25, 0.3) is 0 Å². The molecule has 0 aliphatic heterocycles. The van der Waals surface area contributed by atoms with Crippen LogP contribution in [0.1, 0.15) is 27.2 Å². The van der Waals surface area contributed by atoms with Crippen LogP contribution in [0.3, 0.4) is 0 Å². The van der Waals surface area contributed by atoms with Gasteiger partial charge >= 0.3 is 0 Å².